The van der Waals surface area contributed by atoms with Gasteiger partial charge in [0.15, 0.2) is 0 Å². The summed E-state index contributed by atoms with van der Waals surface area (Å²) >= 11 is 0. The zero-order valence-electron chi connectivity index (χ0n) is 15.0. The summed E-state index contributed by atoms with van der Waals surface area (Å²) in [6.07, 6.45) is 1.18. The number of nitrogens with one attached hydrogen (secondary N) is 1. The van der Waals surface area contributed by atoms with Crippen molar-refractivity contribution in [3.05, 3.63) is 47.2 Å². The molecular weight excluding hydrogens is 338 g/mol. The summed E-state index contributed by atoms with van der Waals surface area (Å²) in [6, 6.07) is 9.31. The number of rotatable bonds is 4. The van der Waals surface area contributed by atoms with E-state index in [-0.39, 0.29) is 12.3 Å². The first-order valence-corrected chi connectivity index (χ1v) is 8.64. The number of esters is 1. The van der Waals surface area contributed by atoms with Gasteiger partial charge in [-0.25, -0.2) is 9.59 Å². The molecule has 1 aromatic carbocycles. The van der Waals surface area contributed by atoms with Crippen molar-refractivity contribution in [1.82, 2.24) is 5.32 Å². The lowest BCUT2D eigenvalue weighted by molar-refractivity contribution is -0.136. The molecule has 142 valence electrons. The topological polar surface area (TPSA) is 83.1 Å². The van der Waals surface area contributed by atoms with Crippen LogP contribution in [-0.4, -0.2) is 45.6 Å². The molecule has 1 aromatic rings. The van der Waals surface area contributed by atoms with E-state index >= 15 is 0 Å². The number of hydrogen-bond acceptors (Lipinski definition) is 6. The van der Waals surface area contributed by atoms with Crippen molar-refractivity contribution >= 4 is 12.1 Å². The normalized spacial score (nSPS) is 17.7. The molecule has 1 heterocycles. The van der Waals surface area contributed by atoms with Crippen molar-refractivity contribution < 1.29 is 28.5 Å². The highest BCUT2D eigenvalue weighted by atomic mass is 16.6. The predicted octanol–water partition coefficient (Wildman–Crippen LogP) is 2.56. The van der Waals surface area contributed by atoms with E-state index in [0.717, 1.165) is 17.6 Å². The summed E-state index contributed by atoms with van der Waals surface area (Å²) in [6.45, 7) is 2.20. The van der Waals surface area contributed by atoms with Crippen LogP contribution in [0.4, 0.5) is 4.79 Å². The van der Waals surface area contributed by atoms with Gasteiger partial charge in [-0.15, -0.1) is 0 Å². The zero-order valence-corrected chi connectivity index (χ0v) is 15.0. The fraction of sp³-hybridized carbons (Fsp3) is 0.474. The molecule has 0 saturated carbocycles. The molecule has 1 N–H and O–H groups in total. The van der Waals surface area contributed by atoms with Crippen LogP contribution in [0.1, 0.15) is 24.8 Å². The number of carbonyl (C=O) groups excluding carboxylic acids is 2. The molecule has 1 aliphatic rings. The Morgan fingerprint density at radius 1 is 1.04 bits per heavy atom. The first kappa shape index (κ1) is 19.9. The van der Waals surface area contributed by atoms with Gasteiger partial charge in [-0.1, -0.05) is 30.3 Å². The molecular formula is C19H25NO6. The molecule has 1 amide bonds. The molecule has 0 aromatic heterocycles. The van der Waals surface area contributed by atoms with Crippen LogP contribution in [0.15, 0.2) is 41.6 Å². The average Bonchev–Trinajstić information content (AvgIpc) is 2.69. The Bertz CT molecular complexity index is 602. The second-order valence-corrected chi connectivity index (χ2v) is 5.74. The smallest absolute Gasteiger partial charge is 0.412 e. The van der Waals surface area contributed by atoms with E-state index in [1.54, 1.807) is 0 Å². The van der Waals surface area contributed by atoms with E-state index in [9.17, 15) is 9.59 Å². The standard InChI is InChI=1S/C19H25NO6/c1-23-18(21)17(16-8-5-10-24-12-13-25-11-9-16)20-19(22)26-14-15-6-3-2-4-7-15/h2-4,6-7H,5,8-14H2,1H3,(H,20,22). The Labute approximate surface area is 153 Å². The van der Waals surface area contributed by atoms with Crippen LogP contribution in [0.5, 0.6) is 0 Å². The van der Waals surface area contributed by atoms with Gasteiger partial charge in [0.05, 0.1) is 26.9 Å². The van der Waals surface area contributed by atoms with Crippen LogP contribution in [0.3, 0.4) is 0 Å². The second-order valence-electron chi connectivity index (χ2n) is 5.74. The Morgan fingerprint density at radius 3 is 2.50 bits per heavy atom. The first-order valence-electron chi connectivity index (χ1n) is 8.64. The van der Waals surface area contributed by atoms with Crippen molar-refractivity contribution in [3.63, 3.8) is 0 Å². The Morgan fingerprint density at radius 2 is 1.77 bits per heavy atom. The molecule has 0 aliphatic carbocycles. The minimum Gasteiger partial charge on any atom is -0.464 e. The number of hydrogen-bond donors (Lipinski definition) is 1. The van der Waals surface area contributed by atoms with Crippen molar-refractivity contribution in [3.8, 4) is 0 Å². The molecule has 0 atom stereocenters. The highest BCUT2D eigenvalue weighted by Gasteiger charge is 2.20. The number of methoxy groups -OCH3 is 1. The SMILES string of the molecule is COC(=O)C(NC(=O)OCc1ccccc1)=C1CCCOCCOCC1. The largest absolute Gasteiger partial charge is 0.464 e. The van der Waals surface area contributed by atoms with Gasteiger partial charge in [0.2, 0.25) is 0 Å². The lowest BCUT2D eigenvalue weighted by Crippen LogP contribution is -2.30. The zero-order chi connectivity index (χ0) is 18.6. The molecule has 7 heteroatoms. The van der Waals surface area contributed by atoms with Gasteiger partial charge in [-0.05, 0) is 30.4 Å². The predicted molar refractivity (Wildman–Crippen MR) is 94.3 cm³/mol. The van der Waals surface area contributed by atoms with E-state index in [4.69, 9.17) is 18.9 Å². The third-order valence-electron chi connectivity index (χ3n) is 3.87. The van der Waals surface area contributed by atoms with Crippen LogP contribution in [0.25, 0.3) is 0 Å². The minimum atomic E-state index is -0.698. The Kier molecular flexibility index (Phi) is 8.65. The summed E-state index contributed by atoms with van der Waals surface area (Å²) in [4.78, 5) is 24.3. The fourth-order valence-corrected chi connectivity index (χ4v) is 2.53. The summed E-state index contributed by atoms with van der Waals surface area (Å²) < 4.78 is 20.9. The van der Waals surface area contributed by atoms with E-state index in [1.807, 2.05) is 30.3 Å². The second kappa shape index (κ2) is 11.3. The van der Waals surface area contributed by atoms with Gasteiger partial charge in [0.25, 0.3) is 0 Å². The summed E-state index contributed by atoms with van der Waals surface area (Å²) in [5.41, 5.74) is 1.74. The summed E-state index contributed by atoms with van der Waals surface area (Å²) in [7, 11) is 1.28. The Balaban J connectivity index is 2.03. The molecule has 0 radical (unpaired) electrons. The molecule has 0 bridgehead atoms. The first-order chi connectivity index (χ1) is 12.7. The van der Waals surface area contributed by atoms with Crippen LogP contribution < -0.4 is 5.32 Å². The van der Waals surface area contributed by atoms with Crippen molar-refractivity contribution in [2.24, 2.45) is 0 Å². The molecule has 7 nitrogen and oxygen atoms in total. The molecule has 1 saturated heterocycles. The molecule has 26 heavy (non-hydrogen) atoms. The monoisotopic (exact) mass is 363 g/mol. The number of amides is 1. The highest BCUT2D eigenvalue weighted by Crippen LogP contribution is 2.17. The van der Waals surface area contributed by atoms with E-state index < -0.39 is 12.1 Å². The molecule has 1 fully saturated rings. The quantitative estimate of drug-likeness (QED) is 0.654. The number of alkyl carbamates (subject to hydrolysis) is 1. The lowest BCUT2D eigenvalue weighted by atomic mass is 10.0. The molecule has 2 rings (SSSR count). The third-order valence-corrected chi connectivity index (χ3v) is 3.87. The van der Waals surface area contributed by atoms with Crippen LogP contribution in [-0.2, 0) is 30.3 Å². The van der Waals surface area contributed by atoms with Crippen molar-refractivity contribution in [2.45, 2.75) is 25.9 Å². The van der Waals surface area contributed by atoms with E-state index in [2.05, 4.69) is 5.32 Å². The molecule has 1 aliphatic heterocycles. The molecule has 0 spiro atoms. The number of carbonyl (C=O) groups is 2. The third kappa shape index (κ3) is 6.85. The summed E-state index contributed by atoms with van der Waals surface area (Å²) in [5, 5.41) is 2.54. The maximum absolute atomic E-state index is 12.2. The lowest BCUT2D eigenvalue weighted by Gasteiger charge is -2.17. The summed E-state index contributed by atoms with van der Waals surface area (Å²) in [5.74, 6) is -0.602. The van der Waals surface area contributed by atoms with Gasteiger partial charge in [0, 0.05) is 6.61 Å². The van der Waals surface area contributed by atoms with Gasteiger partial charge in [-0.3, -0.25) is 5.32 Å². The van der Waals surface area contributed by atoms with E-state index in [0.29, 0.717) is 39.3 Å². The van der Waals surface area contributed by atoms with Crippen LogP contribution in [0.2, 0.25) is 0 Å². The van der Waals surface area contributed by atoms with Gasteiger partial charge < -0.3 is 18.9 Å². The maximum Gasteiger partial charge on any atom is 0.412 e. The van der Waals surface area contributed by atoms with Crippen molar-refractivity contribution in [1.29, 1.82) is 0 Å². The van der Waals surface area contributed by atoms with Gasteiger partial charge in [0.1, 0.15) is 12.3 Å². The van der Waals surface area contributed by atoms with Gasteiger partial charge in [-0.2, -0.15) is 0 Å². The van der Waals surface area contributed by atoms with Crippen LogP contribution in [0, 0.1) is 0 Å². The minimum absolute atomic E-state index is 0.118. The van der Waals surface area contributed by atoms with Crippen LogP contribution >= 0.6 is 0 Å². The van der Waals surface area contributed by atoms with E-state index in [1.165, 1.54) is 7.11 Å². The maximum atomic E-state index is 12.2. The fourth-order valence-electron chi connectivity index (χ4n) is 2.53. The highest BCUT2D eigenvalue weighted by molar-refractivity contribution is 5.93. The van der Waals surface area contributed by atoms with Gasteiger partial charge >= 0.3 is 12.1 Å². The number of ether oxygens (including phenoxy) is 4. The van der Waals surface area contributed by atoms with Crippen molar-refractivity contribution in [2.75, 3.05) is 33.5 Å². The number of benzene rings is 1. The Hall–Kier alpha value is -2.38. The average molecular weight is 363 g/mol. The molecule has 0 unspecified atom stereocenters.